The summed E-state index contributed by atoms with van der Waals surface area (Å²) < 4.78 is 63.1. The van der Waals surface area contributed by atoms with Crippen LogP contribution in [0.3, 0.4) is 0 Å². The Morgan fingerprint density at radius 1 is 1.00 bits per heavy atom. The van der Waals surface area contributed by atoms with E-state index >= 15 is 0 Å². The third-order valence-corrected chi connectivity index (χ3v) is 6.46. The second kappa shape index (κ2) is 9.32. The number of benzene rings is 2. The van der Waals surface area contributed by atoms with Crippen molar-refractivity contribution in [2.45, 2.75) is 17.7 Å². The molecule has 1 heterocycles. The lowest BCUT2D eigenvalue weighted by molar-refractivity contribution is -0.150. The van der Waals surface area contributed by atoms with Crippen molar-refractivity contribution in [3.63, 3.8) is 0 Å². The molecule has 0 aliphatic carbocycles. The number of carbonyl (C=O) groups excluding carboxylic acids is 1. The molecule has 0 aromatic heterocycles. The fourth-order valence-corrected chi connectivity index (χ4v) is 4.58. The predicted octanol–water partition coefficient (Wildman–Crippen LogP) is 2.99. The minimum absolute atomic E-state index is 0.00256. The molecule has 1 aliphatic rings. The second-order valence-electron chi connectivity index (χ2n) is 6.63. The molecule has 1 unspecified atom stereocenters. The zero-order valence-corrected chi connectivity index (χ0v) is 16.4. The van der Waals surface area contributed by atoms with Gasteiger partial charge in [-0.3, -0.25) is 4.79 Å². The number of sulfonamides is 1. The third-order valence-electron chi connectivity index (χ3n) is 4.58. The summed E-state index contributed by atoms with van der Waals surface area (Å²) in [5.41, 5.74) is 0. The molecule has 0 saturated carbocycles. The Bertz CT molecular complexity index is 932. The van der Waals surface area contributed by atoms with Crippen LogP contribution < -0.4 is 4.74 Å². The van der Waals surface area contributed by atoms with Gasteiger partial charge in [0.25, 0.3) is 0 Å². The minimum atomic E-state index is -3.81. The quantitative estimate of drug-likeness (QED) is 0.504. The van der Waals surface area contributed by atoms with E-state index in [1.807, 2.05) is 0 Å². The molecule has 6 nitrogen and oxygen atoms in total. The summed E-state index contributed by atoms with van der Waals surface area (Å²) in [6.07, 6.45) is 1.04. The van der Waals surface area contributed by atoms with Gasteiger partial charge in [-0.1, -0.05) is 0 Å². The second-order valence-corrected chi connectivity index (χ2v) is 8.56. The molecule has 1 aliphatic heterocycles. The molecule has 1 saturated heterocycles. The van der Waals surface area contributed by atoms with Gasteiger partial charge in [0.15, 0.2) is 0 Å². The van der Waals surface area contributed by atoms with Gasteiger partial charge in [-0.25, -0.2) is 17.2 Å². The first-order valence-electron chi connectivity index (χ1n) is 9.17. The van der Waals surface area contributed by atoms with Crippen LogP contribution in [0.4, 0.5) is 8.78 Å². The van der Waals surface area contributed by atoms with Crippen molar-refractivity contribution in [2.24, 2.45) is 5.92 Å². The molecule has 0 radical (unpaired) electrons. The van der Waals surface area contributed by atoms with Crippen molar-refractivity contribution in [2.75, 3.05) is 26.3 Å². The van der Waals surface area contributed by atoms with Crippen molar-refractivity contribution in [3.05, 3.63) is 60.2 Å². The Hall–Kier alpha value is -2.52. The minimum Gasteiger partial charge on any atom is -0.490 e. The van der Waals surface area contributed by atoms with E-state index in [9.17, 15) is 22.0 Å². The smallest absolute Gasteiger partial charge is 0.310 e. The van der Waals surface area contributed by atoms with Crippen LogP contribution in [0, 0.1) is 17.6 Å². The maximum Gasteiger partial charge on any atom is 0.310 e. The van der Waals surface area contributed by atoms with Crippen LogP contribution in [-0.4, -0.2) is 45.0 Å². The number of carbonyl (C=O) groups is 1. The highest BCUT2D eigenvalue weighted by molar-refractivity contribution is 7.89. The lowest BCUT2D eigenvalue weighted by Gasteiger charge is -2.30. The van der Waals surface area contributed by atoms with Crippen LogP contribution in [0.25, 0.3) is 0 Å². The zero-order chi connectivity index (χ0) is 20.9. The summed E-state index contributed by atoms with van der Waals surface area (Å²) in [5, 5.41) is 0. The summed E-state index contributed by atoms with van der Waals surface area (Å²) >= 11 is 0. The van der Waals surface area contributed by atoms with E-state index in [0.29, 0.717) is 18.6 Å². The number of piperidine rings is 1. The number of hydrogen-bond donors (Lipinski definition) is 0. The first kappa shape index (κ1) is 21.2. The van der Waals surface area contributed by atoms with E-state index in [0.717, 1.165) is 12.1 Å². The first-order valence-corrected chi connectivity index (χ1v) is 10.6. The Morgan fingerprint density at radius 3 is 2.28 bits per heavy atom. The van der Waals surface area contributed by atoms with Crippen LogP contribution >= 0.6 is 0 Å². The van der Waals surface area contributed by atoms with Gasteiger partial charge in [0.05, 0.1) is 10.8 Å². The van der Waals surface area contributed by atoms with Crippen LogP contribution in [-0.2, 0) is 19.6 Å². The van der Waals surface area contributed by atoms with Gasteiger partial charge in [0.1, 0.15) is 30.6 Å². The molecule has 0 bridgehead atoms. The highest BCUT2D eigenvalue weighted by atomic mass is 32.2. The zero-order valence-electron chi connectivity index (χ0n) is 15.6. The van der Waals surface area contributed by atoms with Gasteiger partial charge in [-0.05, 0) is 61.4 Å². The molecule has 0 amide bonds. The average Bonchev–Trinajstić information content (AvgIpc) is 2.73. The molecule has 0 spiro atoms. The standard InChI is InChI=1S/C20H21F2NO5S/c21-16-3-7-18(8-4-16)27-12-13-28-20(24)15-2-1-11-23(14-15)29(25,26)19-9-5-17(22)6-10-19/h3-10,15H,1-2,11-14H2. The van der Waals surface area contributed by atoms with Gasteiger partial charge < -0.3 is 9.47 Å². The summed E-state index contributed by atoms with van der Waals surface area (Å²) in [6, 6.07) is 10.1. The molecule has 156 valence electrons. The lowest BCUT2D eigenvalue weighted by Crippen LogP contribution is -2.42. The molecular formula is C20H21F2NO5S. The number of halogens is 2. The Kier molecular flexibility index (Phi) is 6.81. The van der Waals surface area contributed by atoms with E-state index in [4.69, 9.17) is 9.47 Å². The molecule has 1 atom stereocenters. The van der Waals surface area contributed by atoms with Crippen molar-refractivity contribution in [3.8, 4) is 5.75 Å². The molecule has 29 heavy (non-hydrogen) atoms. The van der Waals surface area contributed by atoms with Crippen molar-refractivity contribution < 1.29 is 31.5 Å². The summed E-state index contributed by atoms with van der Waals surface area (Å²) in [6.45, 7) is 0.396. The van der Waals surface area contributed by atoms with Gasteiger partial charge in [-0.15, -0.1) is 0 Å². The van der Waals surface area contributed by atoms with Crippen molar-refractivity contribution >= 4 is 16.0 Å². The molecular weight excluding hydrogens is 404 g/mol. The van der Waals surface area contributed by atoms with Crippen LogP contribution in [0.15, 0.2) is 53.4 Å². The molecule has 0 N–H and O–H groups in total. The van der Waals surface area contributed by atoms with Crippen molar-refractivity contribution in [1.82, 2.24) is 4.31 Å². The summed E-state index contributed by atoms with van der Waals surface area (Å²) in [7, 11) is -3.81. The van der Waals surface area contributed by atoms with Gasteiger partial charge >= 0.3 is 5.97 Å². The van der Waals surface area contributed by atoms with Crippen molar-refractivity contribution in [1.29, 1.82) is 0 Å². The largest absolute Gasteiger partial charge is 0.490 e. The van der Waals surface area contributed by atoms with Gasteiger partial charge in [0.2, 0.25) is 10.0 Å². The van der Waals surface area contributed by atoms with Gasteiger partial charge in [0, 0.05) is 13.1 Å². The normalized spacial score (nSPS) is 17.7. The fraction of sp³-hybridized carbons (Fsp3) is 0.350. The molecule has 2 aromatic carbocycles. The molecule has 2 aromatic rings. The van der Waals surface area contributed by atoms with E-state index in [-0.39, 0.29) is 37.0 Å². The SMILES string of the molecule is O=C(OCCOc1ccc(F)cc1)C1CCCN(S(=O)(=O)c2ccc(F)cc2)C1. The molecule has 1 fully saturated rings. The molecule has 3 rings (SSSR count). The lowest BCUT2D eigenvalue weighted by atomic mass is 10.0. The first-order chi connectivity index (χ1) is 13.9. The number of nitrogens with zero attached hydrogens (tertiary/aromatic N) is 1. The maximum absolute atomic E-state index is 13.1. The summed E-state index contributed by atoms with van der Waals surface area (Å²) in [4.78, 5) is 12.3. The highest BCUT2D eigenvalue weighted by Gasteiger charge is 2.34. The number of ether oxygens (including phenoxy) is 2. The summed E-state index contributed by atoms with van der Waals surface area (Å²) in [5.74, 6) is -1.51. The monoisotopic (exact) mass is 425 g/mol. The maximum atomic E-state index is 13.1. The van der Waals surface area contributed by atoms with Crippen LogP contribution in [0.2, 0.25) is 0 Å². The Labute approximate surface area is 168 Å². The number of hydrogen-bond acceptors (Lipinski definition) is 5. The van der Waals surface area contributed by atoms with E-state index in [2.05, 4.69) is 0 Å². The highest BCUT2D eigenvalue weighted by Crippen LogP contribution is 2.24. The Morgan fingerprint density at radius 2 is 1.62 bits per heavy atom. The van der Waals surface area contributed by atoms with E-state index in [1.54, 1.807) is 0 Å². The average molecular weight is 425 g/mol. The van der Waals surface area contributed by atoms with E-state index in [1.165, 1.54) is 40.7 Å². The van der Waals surface area contributed by atoms with E-state index < -0.39 is 27.7 Å². The topological polar surface area (TPSA) is 72.9 Å². The predicted molar refractivity (Wildman–Crippen MR) is 101 cm³/mol. The Balaban J connectivity index is 1.51. The van der Waals surface area contributed by atoms with Gasteiger partial charge in [-0.2, -0.15) is 4.31 Å². The van der Waals surface area contributed by atoms with Crippen LogP contribution in [0.5, 0.6) is 5.75 Å². The molecule has 9 heteroatoms. The van der Waals surface area contributed by atoms with Crippen LogP contribution in [0.1, 0.15) is 12.8 Å². The third kappa shape index (κ3) is 5.51. The number of esters is 1. The number of rotatable bonds is 7. The fourth-order valence-electron chi connectivity index (χ4n) is 3.06.